The molecule has 0 aliphatic carbocycles. The molecule has 1 fully saturated rings. The fourth-order valence-electron chi connectivity index (χ4n) is 3.53. The number of anilines is 1. The van der Waals surface area contributed by atoms with Crippen LogP contribution in [0.1, 0.15) is 22.5 Å². The highest BCUT2D eigenvalue weighted by atomic mass is 79.9. The van der Waals surface area contributed by atoms with Crippen LogP contribution >= 0.6 is 15.9 Å². The Kier molecular flexibility index (Phi) is 6.12. The second kappa shape index (κ2) is 8.96. The Bertz CT molecular complexity index is 1130. The minimum atomic E-state index is -0.491. The van der Waals surface area contributed by atoms with Gasteiger partial charge in [0.05, 0.1) is 5.56 Å². The first-order valence-corrected chi connectivity index (χ1v) is 10.6. The highest BCUT2D eigenvalue weighted by Crippen LogP contribution is 2.19. The standard InChI is InChI=1S/C20H21BrFN7O2/c1-13-10-17(29-20(26-13)24-12-25-29)27-6-8-28(9-7-27)18(30)4-5-23-19(31)15-11-14(22)2-3-16(15)21/h2-3,10-12H,4-9H2,1H3,(H,23,31). The quantitative estimate of drug-likeness (QED) is 0.586. The van der Waals surface area contributed by atoms with E-state index < -0.39 is 11.7 Å². The number of fused-ring (bicyclic) bond motifs is 1. The summed E-state index contributed by atoms with van der Waals surface area (Å²) in [5.74, 6) is 0.507. The van der Waals surface area contributed by atoms with Crippen molar-refractivity contribution in [3.8, 4) is 0 Å². The summed E-state index contributed by atoms with van der Waals surface area (Å²) in [5, 5.41) is 6.91. The molecule has 1 aliphatic rings. The molecule has 1 aromatic carbocycles. The van der Waals surface area contributed by atoms with Gasteiger partial charge in [0.2, 0.25) is 5.91 Å². The van der Waals surface area contributed by atoms with Crippen LogP contribution < -0.4 is 10.2 Å². The number of carbonyl (C=O) groups is 2. The predicted octanol–water partition coefficient (Wildman–Crippen LogP) is 1.80. The van der Waals surface area contributed by atoms with Crippen molar-refractivity contribution in [3.05, 3.63) is 52.1 Å². The Morgan fingerprint density at radius 1 is 1.19 bits per heavy atom. The fourth-order valence-corrected chi connectivity index (χ4v) is 3.96. The predicted molar refractivity (Wildman–Crippen MR) is 115 cm³/mol. The number of nitrogens with zero attached hydrogens (tertiary/aromatic N) is 6. The smallest absolute Gasteiger partial charge is 0.254 e. The summed E-state index contributed by atoms with van der Waals surface area (Å²) in [6.45, 7) is 4.55. The van der Waals surface area contributed by atoms with E-state index in [1.54, 1.807) is 9.42 Å². The van der Waals surface area contributed by atoms with Crippen LogP contribution in [-0.4, -0.2) is 69.0 Å². The van der Waals surface area contributed by atoms with Gasteiger partial charge >= 0.3 is 0 Å². The monoisotopic (exact) mass is 489 g/mol. The highest BCUT2D eigenvalue weighted by molar-refractivity contribution is 9.10. The Hall–Kier alpha value is -3.08. The molecule has 0 unspecified atom stereocenters. The van der Waals surface area contributed by atoms with Crippen LogP contribution in [0, 0.1) is 12.7 Å². The van der Waals surface area contributed by atoms with Crippen LogP contribution in [0.4, 0.5) is 10.2 Å². The number of hydrogen-bond acceptors (Lipinski definition) is 6. The van der Waals surface area contributed by atoms with Gasteiger partial charge in [-0.05, 0) is 41.1 Å². The van der Waals surface area contributed by atoms with Gasteiger partial charge in [-0.2, -0.15) is 14.6 Å². The van der Waals surface area contributed by atoms with Gasteiger partial charge in [0.25, 0.3) is 11.7 Å². The van der Waals surface area contributed by atoms with Crippen molar-refractivity contribution in [2.24, 2.45) is 0 Å². The summed E-state index contributed by atoms with van der Waals surface area (Å²) in [6, 6.07) is 5.87. The van der Waals surface area contributed by atoms with Crippen LogP contribution in [0.5, 0.6) is 0 Å². The van der Waals surface area contributed by atoms with E-state index in [0.29, 0.717) is 36.4 Å². The van der Waals surface area contributed by atoms with Crippen LogP contribution in [0.3, 0.4) is 0 Å². The highest BCUT2D eigenvalue weighted by Gasteiger charge is 2.23. The molecule has 0 atom stereocenters. The SMILES string of the molecule is Cc1cc(N2CCN(C(=O)CCNC(=O)c3cc(F)ccc3Br)CC2)n2ncnc2n1. The Balaban J connectivity index is 1.29. The average Bonchev–Trinajstić information content (AvgIpc) is 3.23. The number of nitrogens with one attached hydrogen (secondary N) is 1. The van der Waals surface area contributed by atoms with E-state index in [1.807, 2.05) is 13.0 Å². The van der Waals surface area contributed by atoms with Gasteiger partial charge < -0.3 is 15.1 Å². The number of aryl methyl sites for hydroxylation is 1. The molecule has 2 amide bonds. The first kappa shape index (κ1) is 21.2. The molecule has 3 aromatic rings. The molecule has 0 bridgehead atoms. The molecular weight excluding hydrogens is 469 g/mol. The van der Waals surface area contributed by atoms with Gasteiger partial charge in [-0.1, -0.05) is 0 Å². The zero-order valence-corrected chi connectivity index (χ0v) is 18.5. The second-order valence-electron chi connectivity index (χ2n) is 7.23. The average molecular weight is 490 g/mol. The third-order valence-electron chi connectivity index (χ3n) is 5.11. The van der Waals surface area contributed by atoms with E-state index in [1.165, 1.54) is 18.5 Å². The molecule has 11 heteroatoms. The third-order valence-corrected chi connectivity index (χ3v) is 5.81. The van der Waals surface area contributed by atoms with E-state index in [9.17, 15) is 14.0 Å². The van der Waals surface area contributed by atoms with Gasteiger partial charge in [-0.15, -0.1) is 0 Å². The second-order valence-corrected chi connectivity index (χ2v) is 8.08. The fraction of sp³-hybridized carbons (Fsp3) is 0.350. The number of carbonyl (C=O) groups excluding carboxylic acids is 2. The maximum Gasteiger partial charge on any atom is 0.254 e. The molecule has 1 aliphatic heterocycles. The molecule has 3 heterocycles. The zero-order valence-electron chi connectivity index (χ0n) is 16.9. The molecule has 162 valence electrons. The summed E-state index contributed by atoms with van der Waals surface area (Å²) in [4.78, 5) is 37.2. The van der Waals surface area contributed by atoms with E-state index in [4.69, 9.17) is 0 Å². The topological polar surface area (TPSA) is 95.7 Å². The molecule has 2 aromatic heterocycles. The molecule has 9 nitrogen and oxygen atoms in total. The molecular formula is C20H21BrFN7O2. The van der Waals surface area contributed by atoms with E-state index in [2.05, 4.69) is 41.2 Å². The number of hydrogen-bond donors (Lipinski definition) is 1. The lowest BCUT2D eigenvalue weighted by Crippen LogP contribution is -2.49. The minimum absolute atomic E-state index is 0.0323. The van der Waals surface area contributed by atoms with Crippen molar-refractivity contribution in [2.45, 2.75) is 13.3 Å². The normalized spacial score (nSPS) is 14.2. The van der Waals surface area contributed by atoms with Crippen LogP contribution in [0.25, 0.3) is 5.78 Å². The van der Waals surface area contributed by atoms with Gasteiger partial charge in [-0.3, -0.25) is 9.59 Å². The van der Waals surface area contributed by atoms with E-state index >= 15 is 0 Å². The summed E-state index contributed by atoms with van der Waals surface area (Å²) < 4.78 is 15.6. The Labute approximate surface area is 186 Å². The molecule has 31 heavy (non-hydrogen) atoms. The summed E-state index contributed by atoms with van der Waals surface area (Å²) in [5.41, 5.74) is 1.06. The Morgan fingerprint density at radius 2 is 1.97 bits per heavy atom. The van der Waals surface area contributed by atoms with Gasteiger partial charge in [-0.25, -0.2) is 9.37 Å². The van der Waals surface area contributed by atoms with Crippen molar-refractivity contribution in [2.75, 3.05) is 37.6 Å². The molecule has 1 saturated heterocycles. The minimum Gasteiger partial charge on any atom is -0.353 e. The maximum absolute atomic E-state index is 13.4. The first-order chi connectivity index (χ1) is 14.9. The summed E-state index contributed by atoms with van der Waals surface area (Å²) in [6.07, 6.45) is 1.65. The molecule has 0 spiro atoms. The van der Waals surface area contributed by atoms with E-state index in [-0.39, 0.29) is 24.4 Å². The first-order valence-electron chi connectivity index (χ1n) is 9.86. The molecule has 1 N–H and O–H groups in total. The van der Waals surface area contributed by atoms with Gasteiger partial charge in [0, 0.05) is 55.4 Å². The number of piperazine rings is 1. The lowest BCUT2D eigenvalue weighted by atomic mass is 10.2. The van der Waals surface area contributed by atoms with Crippen molar-refractivity contribution in [3.63, 3.8) is 0 Å². The summed E-state index contributed by atoms with van der Waals surface area (Å²) >= 11 is 3.23. The number of amides is 2. The summed E-state index contributed by atoms with van der Waals surface area (Å²) in [7, 11) is 0. The molecule has 4 rings (SSSR count). The zero-order chi connectivity index (χ0) is 22.0. The number of rotatable bonds is 5. The van der Waals surface area contributed by atoms with Crippen molar-refractivity contribution >= 4 is 39.3 Å². The van der Waals surface area contributed by atoms with Crippen LogP contribution in [-0.2, 0) is 4.79 Å². The van der Waals surface area contributed by atoms with Gasteiger partial charge in [0.1, 0.15) is 18.0 Å². The van der Waals surface area contributed by atoms with Gasteiger partial charge in [0.15, 0.2) is 0 Å². The Morgan fingerprint density at radius 3 is 2.74 bits per heavy atom. The molecule has 0 saturated carbocycles. The van der Waals surface area contributed by atoms with Crippen molar-refractivity contribution in [1.82, 2.24) is 29.8 Å². The number of aromatic nitrogens is 4. The van der Waals surface area contributed by atoms with Crippen molar-refractivity contribution in [1.29, 1.82) is 0 Å². The largest absolute Gasteiger partial charge is 0.353 e. The van der Waals surface area contributed by atoms with Crippen LogP contribution in [0.2, 0.25) is 0 Å². The number of benzene rings is 1. The number of halogens is 2. The van der Waals surface area contributed by atoms with E-state index in [0.717, 1.165) is 17.6 Å². The van der Waals surface area contributed by atoms with Crippen LogP contribution in [0.15, 0.2) is 35.1 Å². The maximum atomic E-state index is 13.4. The lowest BCUT2D eigenvalue weighted by molar-refractivity contribution is -0.131. The lowest BCUT2D eigenvalue weighted by Gasteiger charge is -2.36. The molecule has 0 radical (unpaired) electrons. The third kappa shape index (κ3) is 4.66. The van der Waals surface area contributed by atoms with Crippen molar-refractivity contribution < 1.29 is 14.0 Å².